The maximum absolute atomic E-state index is 13.6. The van der Waals surface area contributed by atoms with Crippen molar-refractivity contribution in [2.45, 2.75) is 51.7 Å². The van der Waals surface area contributed by atoms with Crippen LogP contribution in [0, 0.1) is 12.7 Å². The van der Waals surface area contributed by atoms with Gasteiger partial charge in [-0.3, -0.25) is 0 Å². The molecule has 0 amide bonds. The summed E-state index contributed by atoms with van der Waals surface area (Å²) in [5.41, 5.74) is 5.63. The van der Waals surface area contributed by atoms with E-state index in [0.29, 0.717) is 0 Å². The summed E-state index contributed by atoms with van der Waals surface area (Å²) in [7, 11) is 0. The number of aliphatic carboxylic acids is 1. The molecule has 0 bridgehead atoms. The van der Waals surface area contributed by atoms with Crippen LogP contribution in [-0.4, -0.2) is 33.0 Å². The summed E-state index contributed by atoms with van der Waals surface area (Å²) in [4.78, 5) is 10.7. The molecule has 3 aromatic rings. The van der Waals surface area contributed by atoms with Gasteiger partial charge < -0.3 is 24.7 Å². The molecule has 1 heterocycles. The van der Waals surface area contributed by atoms with E-state index in [0.717, 1.165) is 33.8 Å². The lowest BCUT2D eigenvalue weighted by Crippen LogP contribution is -2.29. The van der Waals surface area contributed by atoms with Gasteiger partial charge in [-0.25, -0.2) is 4.39 Å². The van der Waals surface area contributed by atoms with Crippen LogP contribution in [0.4, 0.5) is 4.39 Å². The van der Waals surface area contributed by atoms with Gasteiger partial charge in [0.05, 0.1) is 12.2 Å². The summed E-state index contributed by atoms with van der Waals surface area (Å²) in [5.74, 6) is -1.56. The van der Waals surface area contributed by atoms with Crippen molar-refractivity contribution in [3.63, 3.8) is 0 Å². The third-order valence-corrected chi connectivity index (χ3v) is 5.58. The Labute approximate surface area is 193 Å². The van der Waals surface area contributed by atoms with Gasteiger partial charge in [0.1, 0.15) is 5.82 Å². The van der Waals surface area contributed by atoms with Gasteiger partial charge >= 0.3 is 0 Å². The van der Waals surface area contributed by atoms with Crippen molar-refractivity contribution < 1.29 is 24.5 Å². The quantitative estimate of drug-likeness (QED) is 0.516. The van der Waals surface area contributed by atoms with Crippen LogP contribution in [0.1, 0.15) is 49.6 Å². The highest BCUT2D eigenvalue weighted by molar-refractivity contribution is 5.81. The zero-order valence-electron chi connectivity index (χ0n) is 19.0. The van der Waals surface area contributed by atoms with Crippen molar-refractivity contribution in [2.24, 2.45) is 0 Å². The highest BCUT2D eigenvalue weighted by Crippen LogP contribution is 2.39. The van der Waals surface area contributed by atoms with Gasteiger partial charge in [0.2, 0.25) is 0 Å². The van der Waals surface area contributed by atoms with E-state index in [9.17, 15) is 24.5 Å². The molecule has 0 spiro atoms. The molecule has 2 atom stereocenters. The molecule has 5 nitrogen and oxygen atoms in total. The average molecular weight is 451 g/mol. The standard InChI is InChI=1S/C27H30FNO4/c1-17(2)27-24(14-13-22(30)15-23(31)16-25(32)33)26(19-9-11-20(28)12-10-19)18(3)29(27)21-7-5-4-6-8-21/h4-14,17,22-23,30-31H,15-16H2,1-3H3,(H,32,33)/p-1/b14-13+/t22-,23-/m1/s1. The zero-order chi connectivity index (χ0) is 24.1. The Hall–Kier alpha value is -3.22. The van der Waals surface area contributed by atoms with E-state index in [2.05, 4.69) is 18.4 Å². The fourth-order valence-corrected chi connectivity index (χ4v) is 4.20. The molecule has 33 heavy (non-hydrogen) atoms. The van der Waals surface area contributed by atoms with Gasteiger partial charge in [0, 0.05) is 47.0 Å². The minimum atomic E-state index is -1.37. The molecule has 0 radical (unpaired) electrons. The van der Waals surface area contributed by atoms with E-state index in [4.69, 9.17) is 0 Å². The molecule has 2 aromatic carbocycles. The number of hydrogen-bond donors (Lipinski definition) is 2. The van der Waals surface area contributed by atoms with E-state index in [-0.39, 0.29) is 18.2 Å². The van der Waals surface area contributed by atoms with E-state index in [1.165, 1.54) is 12.1 Å². The molecule has 6 heteroatoms. The summed E-state index contributed by atoms with van der Waals surface area (Å²) < 4.78 is 15.8. The van der Waals surface area contributed by atoms with E-state index in [1.807, 2.05) is 37.3 Å². The molecule has 0 saturated heterocycles. The third kappa shape index (κ3) is 5.78. The topological polar surface area (TPSA) is 85.5 Å². The molecule has 3 rings (SSSR count). The number of carbonyl (C=O) groups is 1. The van der Waals surface area contributed by atoms with Crippen LogP contribution in [0.5, 0.6) is 0 Å². The Morgan fingerprint density at radius 1 is 1.09 bits per heavy atom. The predicted molar refractivity (Wildman–Crippen MR) is 125 cm³/mol. The third-order valence-electron chi connectivity index (χ3n) is 5.58. The predicted octanol–water partition coefficient (Wildman–Crippen LogP) is 3.98. The number of halogens is 1. The van der Waals surface area contributed by atoms with Crippen LogP contribution in [-0.2, 0) is 4.79 Å². The van der Waals surface area contributed by atoms with Gasteiger partial charge in [-0.1, -0.05) is 56.3 Å². The summed E-state index contributed by atoms with van der Waals surface area (Å²) in [6.07, 6.45) is 0.462. The lowest BCUT2D eigenvalue weighted by molar-refractivity contribution is -0.307. The van der Waals surface area contributed by atoms with E-state index >= 15 is 0 Å². The first-order chi connectivity index (χ1) is 15.7. The second-order valence-corrected chi connectivity index (χ2v) is 8.48. The van der Waals surface area contributed by atoms with Crippen LogP contribution in [0.15, 0.2) is 60.7 Å². The Balaban J connectivity index is 2.14. The van der Waals surface area contributed by atoms with E-state index in [1.54, 1.807) is 24.3 Å². The van der Waals surface area contributed by atoms with Gasteiger partial charge in [-0.15, -0.1) is 0 Å². The minimum Gasteiger partial charge on any atom is -0.550 e. The second-order valence-electron chi connectivity index (χ2n) is 8.48. The second kappa shape index (κ2) is 10.6. The Bertz CT molecular complexity index is 1120. The summed E-state index contributed by atoms with van der Waals surface area (Å²) in [5, 5.41) is 30.9. The van der Waals surface area contributed by atoms with Crippen LogP contribution in [0.3, 0.4) is 0 Å². The molecular formula is C27H29FNO4-. The van der Waals surface area contributed by atoms with Gasteiger partial charge in [-0.2, -0.15) is 0 Å². The number of rotatable bonds is 9. The van der Waals surface area contributed by atoms with E-state index < -0.39 is 24.6 Å². The summed E-state index contributed by atoms with van der Waals surface area (Å²) in [6, 6.07) is 16.2. The van der Waals surface area contributed by atoms with Crippen molar-refractivity contribution >= 4 is 12.0 Å². The summed E-state index contributed by atoms with van der Waals surface area (Å²) >= 11 is 0. The number of hydrogen-bond acceptors (Lipinski definition) is 4. The molecule has 2 N–H and O–H groups in total. The minimum absolute atomic E-state index is 0.119. The number of carbonyl (C=O) groups excluding carboxylic acids is 1. The summed E-state index contributed by atoms with van der Waals surface area (Å²) in [6.45, 7) is 6.18. The molecule has 0 aliphatic heterocycles. The van der Waals surface area contributed by atoms with Crippen molar-refractivity contribution in [1.29, 1.82) is 0 Å². The normalized spacial score (nSPS) is 13.5. The number of carboxylic acids is 1. The van der Waals surface area contributed by atoms with Crippen LogP contribution in [0.2, 0.25) is 0 Å². The zero-order valence-corrected chi connectivity index (χ0v) is 19.0. The maximum atomic E-state index is 13.6. The average Bonchev–Trinajstić information content (AvgIpc) is 3.05. The monoisotopic (exact) mass is 450 g/mol. The Morgan fingerprint density at radius 2 is 1.73 bits per heavy atom. The highest BCUT2D eigenvalue weighted by atomic mass is 19.1. The number of nitrogens with zero attached hydrogens (tertiary/aromatic N) is 1. The maximum Gasteiger partial charge on any atom is 0.123 e. The lowest BCUT2D eigenvalue weighted by atomic mass is 9.96. The van der Waals surface area contributed by atoms with Crippen molar-refractivity contribution in [2.75, 3.05) is 0 Å². The van der Waals surface area contributed by atoms with Crippen molar-refractivity contribution in [3.05, 3.63) is 83.4 Å². The first-order valence-corrected chi connectivity index (χ1v) is 11.0. The highest BCUT2D eigenvalue weighted by Gasteiger charge is 2.23. The molecular weight excluding hydrogens is 421 g/mol. The number of aromatic nitrogens is 1. The Kier molecular flexibility index (Phi) is 7.84. The van der Waals surface area contributed by atoms with Crippen molar-refractivity contribution in [3.8, 4) is 16.8 Å². The molecule has 174 valence electrons. The van der Waals surface area contributed by atoms with Crippen LogP contribution < -0.4 is 5.11 Å². The largest absolute Gasteiger partial charge is 0.550 e. The first kappa shape index (κ1) is 24.4. The number of para-hydroxylation sites is 1. The number of aliphatic hydroxyl groups excluding tert-OH is 2. The van der Waals surface area contributed by atoms with Crippen molar-refractivity contribution in [1.82, 2.24) is 4.57 Å². The number of aliphatic hydroxyl groups is 2. The Morgan fingerprint density at radius 3 is 2.30 bits per heavy atom. The fraction of sp³-hybridized carbons (Fsp3) is 0.296. The molecule has 0 saturated carbocycles. The fourth-order valence-electron chi connectivity index (χ4n) is 4.20. The SMILES string of the molecule is Cc1c(-c2ccc(F)cc2)c(/C=C/[C@@H](O)C[C@@H](O)CC(=O)[O-])c(C(C)C)n1-c1ccccc1. The smallest absolute Gasteiger partial charge is 0.123 e. The van der Waals surface area contributed by atoms with Crippen LogP contribution in [0.25, 0.3) is 22.9 Å². The molecule has 1 aromatic heterocycles. The van der Waals surface area contributed by atoms with Gasteiger partial charge in [0.15, 0.2) is 0 Å². The lowest BCUT2D eigenvalue weighted by Gasteiger charge is -2.16. The molecule has 0 aliphatic rings. The number of carboxylic acid groups (broad SMARTS) is 1. The molecule has 0 fully saturated rings. The first-order valence-electron chi connectivity index (χ1n) is 11.0. The molecule has 0 aliphatic carbocycles. The van der Waals surface area contributed by atoms with Crippen LogP contribution >= 0.6 is 0 Å². The van der Waals surface area contributed by atoms with Gasteiger partial charge in [-0.05, 0) is 42.7 Å². The van der Waals surface area contributed by atoms with Gasteiger partial charge in [0.25, 0.3) is 0 Å². The molecule has 0 unspecified atom stereocenters. The number of benzene rings is 2.